The molecule has 0 spiro atoms. The molecule has 2 heterocycles. The van der Waals surface area contributed by atoms with Gasteiger partial charge in [0, 0.05) is 12.2 Å². The smallest absolute Gasteiger partial charge is 0.231 e. The van der Waals surface area contributed by atoms with Gasteiger partial charge >= 0.3 is 0 Å². The summed E-state index contributed by atoms with van der Waals surface area (Å²) in [6.45, 7) is 4.22. The van der Waals surface area contributed by atoms with Crippen LogP contribution in [-0.4, -0.2) is 28.2 Å². The van der Waals surface area contributed by atoms with E-state index in [0.717, 1.165) is 12.1 Å². The Morgan fingerprint density at radius 2 is 2.22 bits per heavy atom. The first kappa shape index (κ1) is 12.7. The van der Waals surface area contributed by atoms with Gasteiger partial charge in [0.05, 0.1) is 5.92 Å². The van der Waals surface area contributed by atoms with Gasteiger partial charge < -0.3 is 9.84 Å². The molecule has 5 heteroatoms. The molecule has 5 nitrogen and oxygen atoms in total. The highest BCUT2D eigenvalue weighted by Gasteiger charge is 2.22. The lowest BCUT2D eigenvalue weighted by Gasteiger charge is -2.18. The predicted molar refractivity (Wildman–Crippen MR) is 69.1 cm³/mol. The summed E-state index contributed by atoms with van der Waals surface area (Å²) in [5.41, 5.74) is 0.734. The van der Waals surface area contributed by atoms with Crippen LogP contribution in [0.3, 0.4) is 0 Å². The quantitative estimate of drug-likeness (QED) is 0.876. The summed E-state index contributed by atoms with van der Waals surface area (Å²) in [7, 11) is 1.95. The highest BCUT2D eigenvalue weighted by Crippen LogP contribution is 2.21. The standard InChI is InChI=1S/C13H18N4O/c1-4-10(14-3)9(2)13-16-12(17-18-13)11-7-5-6-8-15-11/h5-10,14H,4H2,1-3H3. The molecule has 2 aromatic rings. The van der Waals surface area contributed by atoms with Crippen LogP contribution in [0.5, 0.6) is 0 Å². The lowest BCUT2D eigenvalue weighted by molar-refractivity contribution is 0.326. The number of hydrogen-bond donors (Lipinski definition) is 1. The molecule has 1 N–H and O–H groups in total. The SMILES string of the molecule is CCC(NC)C(C)c1nc(-c2ccccn2)no1. The Labute approximate surface area is 107 Å². The minimum Gasteiger partial charge on any atom is -0.339 e. The van der Waals surface area contributed by atoms with Crippen molar-refractivity contribution in [2.75, 3.05) is 7.05 Å². The molecule has 0 bridgehead atoms. The van der Waals surface area contributed by atoms with E-state index in [0.29, 0.717) is 17.8 Å². The van der Waals surface area contributed by atoms with E-state index in [-0.39, 0.29) is 5.92 Å². The second-order valence-corrected chi connectivity index (χ2v) is 4.26. The van der Waals surface area contributed by atoms with Crippen LogP contribution in [0, 0.1) is 0 Å². The Hall–Kier alpha value is -1.75. The van der Waals surface area contributed by atoms with Crippen molar-refractivity contribution in [3.05, 3.63) is 30.3 Å². The first-order chi connectivity index (χ1) is 8.76. The number of hydrogen-bond acceptors (Lipinski definition) is 5. The molecule has 0 amide bonds. The van der Waals surface area contributed by atoms with Crippen LogP contribution in [-0.2, 0) is 0 Å². The summed E-state index contributed by atoms with van der Waals surface area (Å²) in [5.74, 6) is 1.38. The third kappa shape index (κ3) is 2.56. The van der Waals surface area contributed by atoms with Gasteiger partial charge in [-0.2, -0.15) is 4.98 Å². The zero-order chi connectivity index (χ0) is 13.0. The summed E-state index contributed by atoms with van der Waals surface area (Å²) in [6, 6.07) is 5.97. The van der Waals surface area contributed by atoms with Crippen LogP contribution in [0.2, 0.25) is 0 Å². The Kier molecular flexibility index (Phi) is 4.04. The van der Waals surface area contributed by atoms with Gasteiger partial charge in [0.25, 0.3) is 0 Å². The average Bonchev–Trinajstić information content (AvgIpc) is 2.90. The molecule has 0 saturated heterocycles. The molecular formula is C13H18N4O. The van der Waals surface area contributed by atoms with Gasteiger partial charge in [-0.3, -0.25) is 4.98 Å². The molecule has 0 aromatic carbocycles. The molecule has 96 valence electrons. The average molecular weight is 246 g/mol. The molecule has 0 fully saturated rings. The van der Waals surface area contributed by atoms with Crippen LogP contribution in [0.25, 0.3) is 11.5 Å². The van der Waals surface area contributed by atoms with Crippen molar-refractivity contribution in [3.63, 3.8) is 0 Å². The van der Waals surface area contributed by atoms with Crippen LogP contribution in [0.4, 0.5) is 0 Å². The minimum absolute atomic E-state index is 0.185. The predicted octanol–water partition coefficient (Wildman–Crippen LogP) is 2.23. The van der Waals surface area contributed by atoms with E-state index in [4.69, 9.17) is 4.52 Å². The number of rotatable bonds is 5. The number of likely N-dealkylation sites (N-methyl/N-ethyl adjacent to an activating group) is 1. The maximum Gasteiger partial charge on any atom is 0.231 e. The lowest BCUT2D eigenvalue weighted by atomic mass is 10.00. The zero-order valence-electron chi connectivity index (χ0n) is 10.9. The van der Waals surface area contributed by atoms with Gasteiger partial charge in [-0.1, -0.05) is 25.1 Å². The van der Waals surface area contributed by atoms with Crippen molar-refractivity contribution in [2.24, 2.45) is 0 Å². The van der Waals surface area contributed by atoms with E-state index in [1.54, 1.807) is 6.20 Å². The number of pyridine rings is 1. The topological polar surface area (TPSA) is 63.8 Å². The zero-order valence-corrected chi connectivity index (χ0v) is 10.9. The maximum atomic E-state index is 5.32. The van der Waals surface area contributed by atoms with Crippen molar-refractivity contribution in [1.29, 1.82) is 0 Å². The Balaban J connectivity index is 2.20. The van der Waals surface area contributed by atoms with Gasteiger partial charge in [-0.15, -0.1) is 0 Å². The molecular weight excluding hydrogens is 228 g/mol. The number of nitrogens with one attached hydrogen (secondary N) is 1. The fourth-order valence-corrected chi connectivity index (χ4v) is 2.00. The molecule has 0 aliphatic heterocycles. The van der Waals surface area contributed by atoms with E-state index in [9.17, 15) is 0 Å². The molecule has 2 unspecified atom stereocenters. The number of aromatic nitrogens is 3. The monoisotopic (exact) mass is 246 g/mol. The third-order valence-corrected chi connectivity index (χ3v) is 3.14. The molecule has 0 aliphatic carbocycles. The minimum atomic E-state index is 0.185. The van der Waals surface area contributed by atoms with Crippen molar-refractivity contribution in [1.82, 2.24) is 20.4 Å². The van der Waals surface area contributed by atoms with Crippen molar-refractivity contribution < 1.29 is 4.52 Å². The molecule has 0 saturated carbocycles. The fourth-order valence-electron chi connectivity index (χ4n) is 2.00. The molecule has 2 aromatic heterocycles. The summed E-state index contributed by atoms with van der Waals surface area (Å²) >= 11 is 0. The summed E-state index contributed by atoms with van der Waals surface area (Å²) in [6.07, 6.45) is 2.73. The summed E-state index contributed by atoms with van der Waals surface area (Å²) < 4.78 is 5.32. The van der Waals surface area contributed by atoms with Crippen molar-refractivity contribution in [3.8, 4) is 11.5 Å². The third-order valence-electron chi connectivity index (χ3n) is 3.14. The van der Waals surface area contributed by atoms with Gasteiger partial charge in [-0.05, 0) is 25.6 Å². The Morgan fingerprint density at radius 3 is 2.83 bits per heavy atom. The highest BCUT2D eigenvalue weighted by molar-refractivity contribution is 5.47. The molecule has 18 heavy (non-hydrogen) atoms. The van der Waals surface area contributed by atoms with Crippen LogP contribution < -0.4 is 5.32 Å². The van der Waals surface area contributed by atoms with E-state index in [1.165, 1.54) is 0 Å². The van der Waals surface area contributed by atoms with E-state index in [1.807, 2.05) is 25.2 Å². The first-order valence-corrected chi connectivity index (χ1v) is 6.18. The molecule has 0 aliphatic rings. The normalized spacial score (nSPS) is 14.4. The highest BCUT2D eigenvalue weighted by atomic mass is 16.5. The number of nitrogens with zero attached hydrogens (tertiary/aromatic N) is 3. The van der Waals surface area contributed by atoms with Gasteiger partial charge in [-0.25, -0.2) is 0 Å². The van der Waals surface area contributed by atoms with E-state index >= 15 is 0 Å². The van der Waals surface area contributed by atoms with Crippen molar-refractivity contribution >= 4 is 0 Å². The molecule has 2 atom stereocenters. The van der Waals surface area contributed by atoms with Gasteiger partial charge in [0.15, 0.2) is 0 Å². The van der Waals surface area contributed by atoms with Gasteiger partial charge in [0.1, 0.15) is 5.69 Å². The van der Waals surface area contributed by atoms with Crippen LogP contribution in [0.1, 0.15) is 32.1 Å². The van der Waals surface area contributed by atoms with E-state index in [2.05, 4.69) is 34.3 Å². The van der Waals surface area contributed by atoms with Crippen LogP contribution >= 0.6 is 0 Å². The van der Waals surface area contributed by atoms with Crippen molar-refractivity contribution in [2.45, 2.75) is 32.2 Å². The van der Waals surface area contributed by atoms with Gasteiger partial charge in [0.2, 0.25) is 11.7 Å². The largest absolute Gasteiger partial charge is 0.339 e. The summed E-state index contributed by atoms with van der Waals surface area (Å²) in [5, 5.41) is 7.24. The lowest BCUT2D eigenvalue weighted by Crippen LogP contribution is -2.30. The first-order valence-electron chi connectivity index (χ1n) is 6.18. The van der Waals surface area contributed by atoms with Crippen LogP contribution in [0.15, 0.2) is 28.9 Å². The second-order valence-electron chi connectivity index (χ2n) is 4.26. The maximum absolute atomic E-state index is 5.32. The summed E-state index contributed by atoms with van der Waals surface area (Å²) in [4.78, 5) is 8.62. The molecule has 0 radical (unpaired) electrons. The second kappa shape index (κ2) is 5.73. The Bertz CT molecular complexity index is 479. The van der Waals surface area contributed by atoms with E-state index < -0.39 is 0 Å². The Morgan fingerprint density at radius 1 is 1.39 bits per heavy atom. The fraction of sp³-hybridized carbons (Fsp3) is 0.462. The molecule has 2 rings (SSSR count).